The van der Waals surface area contributed by atoms with Crippen LogP contribution in [0, 0.1) is 56.7 Å². The molecule has 3 heterocycles. The summed E-state index contributed by atoms with van der Waals surface area (Å²) in [5.74, 6) is -1.76. The van der Waals surface area contributed by atoms with Crippen molar-refractivity contribution in [3.8, 4) is 0 Å². The summed E-state index contributed by atoms with van der Waals surface area (Å²) in [5, 5.41) is 109. The molecule has 376 valence electrons. The molecule has 3 aliphatic heterocycles. The number of aliphatic carboxylic acids is 2. The molecule has 25 unspecified atom stereocenters. The van der Waals surface area contributed by atoms with Gasteiger partial charge in [-0.1, -0.05) is 53.2 Å². The summed E-state index contributed by atoms with van der Waals surface area (Å²) >= 11 is 0. The van der Waals surface area contributed by atoms with Crippen LogP contribution in [0.4, 0.5) is 0 Å². The minimum atomic E-state index is -1.82. The van der Waals surface area contributed by atoms with Crippen LogP contribution in [-0.4, -0.2) is 168 Å². The van der Waals surface area contributed by atoms with Crippen molar-refractivity contribution >= 4 is 11.9 Å². The van der Waals surface area contributed by atoms with Crippen LogP contribution < -0.4 is 0 Å². The average Bonchev–Trinajstić information content (AvgIpc) is 3.26. The minimum absolute atomic E-state index is 0.0188. The number of carboxylic acid groups (broad SMARTS) is 2. The first-order chi connectivity index (χ1) is 30.8. The standard InChI is InChI=1S/C48H76O18/c1-20-11-16-47(42(57)58)17-18-48(43(59)60)24(29(47)21(20)2)9-10-27-45(7)14-13-28(44(5,6)26(45)12-15-46(27,48)8)64-41-36(56)38(31(51)25(19-49)63-41)66-40-35(55)33(53)37(23(4)62-40)65-39-34(54)32(52)30(50)22(3)61-39/h9,20-23,25-41,49-56H,10-19H2,1-8H3,(H,57,58)(H,59,60). The minimum Gasteiger partial charge on any atom is -0.481 e. The van der Waals surface area contributed by atoms with Gasteiger partial charge >= 0.3 is 11.9 Å². The van der Waals surface area contributed by atoms with Gasteiger partial charge in [-0.3, -0.25) is 9.59 Å². The second-order valence-electron chi connectivity index (χ2n) is 22.8. The lowest BCUT2D eigenvalue weighted by Gasteiger charge is -2.70. The molecule has 18 heteroatoms. The number of aliphatic hydroxyl groups is 8. The molecule has 18 nitrogen and oxygen atoms in total. The van der Waals surface area contributed by atoms with E-state index in [9.17, 15) is 60.7 Å². The Morgan fingerprint density at radius 2 is 1.26 bits per heavy atom. The maximum Gasteiger partial charge on any atom is 0.314 e. The third-order valence-corrected chi connectivity index (χ3v) is 19.5. The number of rotatable bonds is 9. The smallest absolute Gasteiger partial charge is 0.314 e. The quantitative estimate of drug-likeness (QED) is 0.116. The van der Waals surface area contributed by atoms with Gasteiger partial charge in [-0.15, -0.1) is 0 Å². The van der Waals surface area contributed by atoms with E-state index in [0.717, 1.165) is 12.0 Å². The summed E-state index contributed by atoms with van der Waals surface area (Å²) < 4.78 is 35.9. The molecule has 0 radical (unpaired) electrons. The summed E-state index contributed by atoms with van der Waals surface area (Å²) in [6.07, 6.45) is -15.5. The topological polar surface area (TPSA) is 292 Å². The molecule has 0 bridgehead atoms. The molecule has 7 fully saturated rings. The second-order valence-corrected chi connectivity index (χ2v) is 22.8. The van der Waals surface area contributed by atoms with Crippen molar-refractivity contribution in [2.75, 3.05) is 6.61 Å². The van der Waals surface area contributed by atoms with E-state index >= 15 is 0 Å². The van der Waals surface area contributed by atoms with Gasteiger partial charge in [-0.25, -0.2) is 0 Å². The fourth-order valence-electron chi connectivity index (χ4n) is 15.4. The molecule has 3 saturated heterocycles. The zero-order valence-corrected chi connectivity index (χ0v) is 39.5. The van der Waals surface area contributed by atoms with E-state index in [1.165, 1.54) is 13.8 Å². The highest BCUT2D eigenvalue weighted by Gasteiger charge is 2.73. The van der Waals surface area contributed by atoms with Crippen molar-refractivity contribution in [3.05, 3.63) is 11.6 Å². The number of aliphatic hydroxyl groups excluding tert-OH is 8. The van der Waals surface area contributed by atoms with Crippen molar-refractivity contribution in [1.82, 2.24) is 0 Å². The first kappa shape index (κ1) is 50.5. The molecule has 8 aliphatic rings. The zero-order chi connectivity index (χ0) is 48.4. The van der Waals surface area contributed by atoms with Gasteiger partial charge in [-0.2, -0.15) is 0 Å². The number of carboxylic acids is 2. The van der Waals surface area contributed by atoms with Gasteiger partial charge in [0, 0.05) is 0 Å². The Bertz CT molecular complexity index is 1850. The lowest BCUT2D eigenvalue weighted by molar-refractivity contribution is -0.380. The van der Waals surface area contributed by atoms with E-state index in [4.69, 9.17) is 28.4 Å². The van der Waals surface area contributed by atoms with Gasteiger partial charge in [0.25, 0.3) is 0 Å². The van der Waals surface area contributed by atoms with E-state index < -0.39 is 138 Å². The third-order valence-electron chi connectivity index (χ3n) is 19.5. The lowest BCUT2D eigenvalue weighted by Crippen LogP contribution is -2.68. The van der Waals surface area contributed by atoms with Gasteiger partial charge in [0.15, 0.2) is 18.9 Å². The summed E-state index contributed by atoms with van der Waals surface area (Å²) in [4.78, 5) is 27.2. The Morgan fingerprint density at radius 1 is 0.636 bits per heavy atom. The fraction of sp³-hybridized carbons (Fsp3) is 0.917. The first-order valence-corrected chi connectivity index (χ1v) is 24.3. The van der Waals surface area contributed by atoms with Crippen LogP contribution in [0.1, 0.15) is 113 Å². The number of ether oxygens (including phenoxy) is 6. The molecule has 0 aromatic carbocycles. The van der Waals surface area contributed by atoms with Crippen LogP contribution in [0.2, 0.25) is 0 Å². The van der Waals surface area contributed by atoms with Crippen molar-refractivity contribution < 1.29 is 89.1 Å². The van der Waals surface area contributed by atoms with Gasteiger partial charge in [-0.05, 0) is 117 Å². The van der Waals surface area contributed by atoms with Crippen LogP contribution in [0.5, 0.6) is 0 Å². The number of carbonyl (C=O) groups is 2. The number of hydrogen-bond donors (Lipinski definition) is 10. The molecule has 0 aromatic heterocycles. The maximum atomic E-state index is 14.0. The third kappa shape index (κ3) is 7.40. The number of fused-ring (bicyclic) bond motifs is 7. The Kier molecular flexibility index (Phi) is 13.6. The molecule has 10 N–H and O–H groups in total. The predicted octanol–water partition coefficient (Wildman–Crippen LogP) is 1.68. The van der Waals surface area contributed by atoms with Gasteiger partial charge in [0.05, 0.1) is 35.7 Å². The normalized spacial score (nSPS) is 54.7. The number of allylic oxidation sites excluding steroid dienone is 1. The molecule has 66 heavy (non-hydrogen) atoms. The molecule has 0 spiro atoms. The van der Waals surface area contributed by atoms with Crippen molar-refractivity contribution in [2.24, 2.45) is 56.7 Å². The molecular formula is C48H76O18. The van der Waals surface area contributed by atoms with E-state index in [-0.39, 0.29) is 41.4 Å². The molecule has 5 aliphatic carbocycles. The average molecular weight is 941 g/mol. The number of hydrogen-bond acceptors (Lipinski definition) is 16. The van der Waals surface area contributed by atoms with Crippen LogP contribution in [0.25, 0.3) is 0 Å². The van der Waals surface area contributed by atoms with Crippen LogP contribution in [0.3, 0.4) is 0 Å². The summed E-state index contributed by atoms with van der Waals surface area (Å²) in [5.41, 5.74) is -2.91. The molecule has 4 saturated carbocycles. The highest BCUT2D eigenvalue weighted by Crippen LogP contribution is 2.76. The van der Waals surface area contributed by atoms with Crippen molar-refractivity contribution in [2.45, 2.75) is 211 Å². The van der Waals surface area contributed by atoms with Crippen LogP contribution in [0.15, 0.2) is 11.6 Å². The van der Waals surface area contributed by atoms with Crippen molar-refractivity contribution in [1.29, 1.82) is 0 Å². The summed E-state index contributed by atoms with van der Waals surface area (Å²) in [6, 6.07) is 0. The molecule has 8 rings (SSSR count). The summed E-state index contributed by atoms with van der Waals surface area (Å²) in [7, 11) is 0. The van der Waals surface area contributed by atoms with Crippen LogP contribution >= 0.6 is 0 Å². The molecule has 0 amide bonds. The highest BCUT2D eigenvalue weighted by molar-refractivity contribution is 5.84. The molecular weight excluding hydrogens is 865 g/mol. The largest absolute Gasteiger partial charge is 0.481 e. The van der Waals surface area contributed by atoms with E-state index in [2.05, 4.69) is 47.6 Å². The van der Waals surface area contributed by atoms with E-state index in [1.807, 2.05) is 0 Å². The monoisotopic (exact) mass is 941 g/mol. The Balaban J connectivity index is 0.992. The SMILES string of the molecule is CC1CCC2(C(=O)O)CCC3(C(=O)O)C(=CCC4C5(C)CCC(OC6OC(CO)C(O)C(OC7OC(C)C(OC8OC(C)C(O)C(O)C8O)C(O)C7O)C6O)C(C)(C)C5CCC43C)C2C1C. The molecule has 0 aromatic rings. The Hall–Kier alpha value is -1.88. The maximum absolute atomic E-state index is 14.0. The highest BCUT2D eigenvalue weighted by atomic mass is 16.8. The van der Waals surface area contributed by atoms with Crippen LogP contribution in [-0.2, 0) is 38.0 Å². The van der Waals surface area contributed by atoms with Gasteiger partial charge in [0.2, 0.25) is 0 Å². The van der Waals surface area contributed by atoms with E-state index in [1.54, 1.807) is 0 Å². The first-order valence-electron chi connectivity index (χ1n) is 24.3. The Morgan fingerprint density at radius 3 is 1.89 bits per heavy atom. The lowest BCUT2D eigenvalue weighted by atomic mass is 9.33. The zero-order valence-electron chi connectivity index (χ0n) is 39.5. The van der Waals surface area contributed by atoms with Gasteiger partial charge in [0.1, 0.15) is 61.0 Å². The molecule has 25 atom stereocenters. The van der Waals surface area contributed by atoms with Gasteiger partial charge < -0.3 is 79.5 Å². The summed E-state index contributed by atoms with van der Waals surface area (Å²) in [6.45, 7) is 15.2. The second kappa shape index (κ2) is 17.8. The van der Waals surface area contributed by atoms with E-state index in [0.29, 0.717) is 44.9 Å². The van der Waals surface area contributed by atoms with Crippen molar-refractivity contribution in [3.63, 3.8) is 0 Å². The Labute approximate surface area is 386 Å². The predicted molar refractivity (Wildman–Crippen MR) is 230 cm³/mol. The fourth-order valence-corrected chi connectivity index (χ4v) is 15.4.